The normalized spacial score (nSPS) is 10.2. The second-order valence-corrected chi connectivity index (χ2v) is 4.03. The van der Waals surface area contributed by atoms with Crippen molar-refractivity contribution in [3.8, 4) is 0 Å². The van der Waals surface area contributed by atoms with E-state index in [0.29, 0.717) is 5.69 Å². The van der Waals surface area contributed by atoms with Crippen LogP contribution >= 0.6 is 0 Å². The highest BCUT2D eigenvalue weighted by atomic mass is 16.2. The smallest absolute Gasteiger partial charge is 0.293 e. The molecule has 0 atom stereocenters. The Bertz CT molecular complexity index is 665. The average molecular weight is 259 g/mol. The second-order valence-electron chi connectivity index (χ2n) is 4.03. The molecule has 98 valence electrons. The molecule has 7 nitrogen and oxygen atoms in total. The molecule has 0 fully saturated rings. The summed E-state index contributed by atoms with van der Waals surface area (Å²) in [4.78, 5) is 30.8. The van der Waals surface area contributed by atoms with Crippen molar-refractivity contribution in [2.75, 3.05) is 0 Å². The highest BCUT2D eigenvalue weighted by molar-refractivity contribution is 5.91. The second kappa shape index (κ2) is 5.40. The molecule has 19 heavy (non-hydrogen) atoms. The number of nitrogen functional groups attached to an aromatic ring is 1. The number of nitrogens with zero attached hydrogens (tertiary/aromatic N) is 3. The van der Waals surface area contributed by atoms with E-state index < -0.39 is 5.91 Å². The van der Waals surface area contributed by atoms with Crippen molar-refractivity contribution in [3.05, 3.63) is 58.0 Å². The third-order valence-electron chi connectivity index (χ3n) is 2.49. The number of aryl methyl sites for hydroxylation is 1. The van der Waals surface area contributed by atoms with Crippen LogP contribution < -0.4 is 17.0 Å². The van der Waals surface area contributed by atoms with Gasteiger partial charge in [-0.25, -0.2) is 20.6 Å². The van der Waals surface area contributed by atoms with E-state index in [4.69, 9.17) is 5.84 Å². The molecule has 0 aliphatic heterocycles. The molecule has 0 spiro atoms. The summed E-state index contributed by atoms with van der Waals surface area (Å²) in [6.07, 6.45) is 3.19. The first kappa shape index (κ1) is 12.9. The van der Waals surface area contributed by atoms with Gasteiger partial charge in [0.25, 0.3) is 5.91 Å². The van der Waals surface area contributed by atoms with Crippen LogP contribution in [0, 0.1) is 6.92 Å². The standard InChI is InChI=1S/C12H13N5O2/c1-8-5-14-12(19)17(6-8)7-9-3-2-4-10(15-9)11(18)16-13/h2-6H,7,13H2,1H3,(H,16,18). The van der Waals surface area contributed by atoms with Gasteiger partial charge in [-0.05, 0) is 24.6 Å². The topological polar surface area (TPSA) is 103 Å². The van der Waals surface area contributed by atoms with Crippen LogP contribution in [0.1, 0.15) is 21.7 Å². The predicted molar refractivity (Wildman–Crippen MR) is 68.2 cm³/mol. The lowest BCUT2D eigenvalue weighted by molar-refractivity contribution is 0.0948. The zero-order chi connectivity index (χ0) is 13.8. The van der Waals surface area contributed by atoms with Crippen LogP contribution in [-0.4, -0.2) is 20.4 Å². The molecule has 0 saturated heterocycles. The van der Waals surface area contributed by atoms with Crippen LogP contribution in [0.25, 0.3) is 0 Å². The molecule has 7 heteroatoms. The summed E-state index contributed by atoms with van der Waals surface area (Å²) in [5.41, 5.74) is 3.30. The van der Waals surface area contributed by atoms with E-state index in [0.717, 1.165) is 5.56 Å². The Kier molecular flexibility index (Phi) is 3.67. The maximum absolute atomic E-state index is 11.6. The fourth-order valence-electron chi connectivity index (χ4n) is 1.62. The molecule has 2 aromatic rings. The maximum Gasteiger partial charge on any atom is 0.347 e. The Morgan fingerprint density at radius 1 is 1.47 bits per heavy atom. The SMILES string of the molecule is Cc1cnc(=O)n(Cc2cccc(C(=O)NN)n2)c1. The van der Waals surface area contributed by atoms with E-state index in [9.17, 15) is 9.59 Å². The molecule has 0 aliphatic carbocycles. The van der Waals surface area contributed by atoms with Crippen molar-refractivity contribution in [1.82, 2.24) is 20.0 Å². The summed E-state index contributed by atoms with van der Waals surface area (Å²) in [6, 6.07) is 4.95. The zero-order valence-electron chi connectivity index (χ0n) is 10.3. The summed E-state index contributed by atoms with van der Waals surface area (Å²) in [5.74, 6) is 4.57. The third kappa shape index (κ3) is 3.02. The Morgan fingerprint density at radius 2 is 2.26 bits per heavy atom. The number of hydrazine groups is 1. The van der Waals surface area contributed by atoms with E-state index in [1.54, 1.807) is 24.4 Å². The molecule has 0 saturated carbocycles. The lowest BCUT2D eigenvalue weighted by Gasteiger charge is -2.06. The molecule has 0 aliphatic rings. The number of amides is 1. The van der Waals surface area contributed by atoms with E-state index in [-0.39, 0.29) is 17.9 Å². The van der Waals surface area contributed by atoms with E-state index in [1.807, 2.05) is 12.3 Å². The lowest BCUT2D eigenvalue weighted by Crippen LogP contribution is -2.31. The summed E-state index contributed by atoms with van der Waals surface area (Å²) in [6.45, 7) is 2.09. The molecule has 1 amide bonds. The van der Waals surface area contributed by atoms with Gasteiger partial charge >= 0.3 is 5.69 Å². The Labute approximate surface area is 109 Å². The molecular weight excluding hydrogens is 246 g/mol. The van der Waals surface area contributed by atoms with Gasteiger partial charge in [0.2, 0.25) is 0 Å². The fourth-order valence-corrected chi connectivity index (χ4v) is 1.62. The first-order valence-electron chi connectivity index (χ1n) is 5.60. The summed E-state index contributed by atoms with van der Waals surface area (Å²) >= 11 is 0. The van der Waals surface area contributed by atoms with E-state index >= 15 is 0 Å². The molecule has 2 aromatic heterocycles. The largest absolute Gasteiger partial charge is 0.347 e. The van der Waals surface area contributed by atoms with Crippen molar-refractivity contribution < 1.29 is 4.79 Å². The highest BCUT2D eigenvalue weighted by Gasteiger charge is 2.07. The van der Waals surface area contributed by atoms with Crippen LogP contribution in [0.15, 0.2) is 35.4 Å². The molecular formula is C12H13N5O2. The number of aromatic nitrogens is 3. The molecule has 2 rings (SSSR count). The monoisotopic (exact) mass is 259 g/mol. The molecule has 0 bridgehead atoms. The Morgan fingerprint density at radius 3 is 3.00 bits per heavy atom. The van der Waals surface area contributed by atoms with Crippen LogP contribution in [0.5, 0.6) is 0 Å². The average Bonchev–Trinajstić information content (AvgIpc) is 2.42. The molecule has 0 unspecified atom stereocenters. The first-order chi connectivity index (χ1) is 9.10. The van der Waals surface area contributed by atoms with Crippen LogP contribution in [0.2, 0.25) is 0 Å². The van der Waals surface area contributed by atoms with Crippen molar-refractivity contribution in [1.29, 1.82) is 0 Å². The van der Waals surface area contributed by atoms with Gasteiger partial charge in [-0.15, -0.1) is 0 Å². The minimum absolute atomic E-state index is 0.202. The Hall–Kier alpha value is -2.54. The highest BCUT2D eigenvalue weighted by Crippen LogP contribution is 2.01. The number of carbonyl (C=O) groups is 1. The number of pyridine rings is 1. The summed E-state index contributed by atoms with van der Waals surface area (Å²) < 4.78 is 1.43. The van der Waals surface area contributed by atoms with Gasteiger partial charge in [0, 0.05) is 12.4 Å². The quantitative estimate of drug-likeness (QED) is 0.443. The fraction of sp³-hybridized carbons (Fsp3) is 0.167. The molecule has 0 aromatic carbocycles. The number of hydrogen-bond donors (Lipinski definition) is 2. The zero-order valence-corrected chi connectivity index (χ0v) is 10.3. The molecule has 2 heterocycles. The van der Waals surface area contributed by atoms with Gasteiger partial charge in [0.15, 0.2) is 0 Å². The van der Waals surface area contributed by atoms with Gasteiger partial charge in [-0.1, -0.05) is 6.07 Å². The minimum Gasteiger partial charge on any atom is -0.293 e. The number of carbonyl (C=O) groups excluding carboxylic acids is 1. The third-order valence-corrected chi connectivity index (χ3v) is 2.49. The van der Waals surface area contributed by atoms with Crippen LogP contribution in [0.3, 0.4) is 0 Å². The van der Waals surface area contributed by atoms with Crippen molar-refractivity contribution in [3.63, 3.8) is 0 Å². The summed E-state index contributed by atoms with van der Waals surface area (Å²) in [5, 5.41) is 0. The van der Waals surface area contributed by atoms with Crippen LogP contribution in [0.4, 0.5) is 0 Å². The number of rotatable bonds is 3. The van der Waals surface area contributed by atoms with Crippen molar-refractivity contribution >= 4 is 5.91 Å². The van der Waals surface area contributed by atoms with Crippen molar-refractivity contribution in [2.45, 2.75) is 13.5 Å². The van der Waals surface area contributed by atoms with E-state index in [1.165, 1.54) is 10.8 Å². The molecule has 3 N–H and O–H groups in total. The molecule has 0 radical (unpaired) electrons. The summed E-state index contributed by atoms with van der Waals surface area (Å²) in [7, 11) is 0. The first-order valence-corrected chi connectivity index (χ1v) is 5.60. The van der Waals surface area contributed by atoms with Gasteiger partial charge < -0.3 is 0 Å². The number of hydrogen-bond acceptors (Lipinski definition) is 5. The maximum atomic E-state index is 11.6. The number of nitrogens with one attached hydrogen (secondary N) is 1. The van der Waals surface area contributed by atoms with Gasteiger partial charge in [0.1, 0.15) is 5.69 Å². The minimum atomic E-state index is -0.475. The van der Waals surface area contributed by atoms with Gasteiger partial charge in [-0.3, -0.25) is 14.8 Å². The van der Waals surface area contributed by atoms with Gasteiger partial charge in [-0.2, -0.15) is 0 Å². The number of nitrogens with two attached hydrogens (primary N) is 1. The lowest BCUT2D eigenvalue weighted by atomic mass is 10.3. The van der Waals surface area contributed by atoms with E-state index in [2.05, 4.69) is 9.97 Å². The van der Waals surface area contributed by atoms with Crippen molar-refractivity contribution in [2.24, 2.45) is 5.84 Å². The Balaban J connectivity index is 2.31. The van der Waals surface area contributed by atoms with Crippen LogP contribution in [-0.2, 0) is 6.54 Å². The van der Waals surface area contributed by atoms with Gasteiger partial charge in [0.05, 0.1) is 12.2 Å². The predicted octanol–water partition coefficient (Wildman–Crippen LogP) is -0.401.